The second-order valence-electron chi connectivity index (χ2n) is 4.31. The molecule has 6 heteroatoms. The van der Waals surface area contributed by atoms with Gasteiger partial charge in [-0.15, -0.1) is 0 Å². The normalized spacial score (nSPS) is 11.7. The van der Waals surface area contributed by atoms with Gasteiger partial charge in [0.15, 0.2) is 5.84 Å². The van der Waals surface area contributed by atoms with Gasteiger partial charge in [0.05, 0.1) is 11.8 Å². The molecule has 0 fully saturated rings. The summed E-state index contributed by atoms with van der Waals surface area (Å²) in [4.78, 5) is 13.4. The Labute approximate surface area is 112 Å². The summed E-state index contributed by atoms with van der Waals surface area (Å²) < 4.78 is 5.27. The summed E-state index contributed by atoms with van der Waals surface area (Å²) in [7, 11) is 1.62. The van der Waals surface area contributed by atoms with E-state index < -0.39 is 0 Å². The van der Waals surface area contributed by atoms with Gasteiger partial charge in [0.1, 0.15) is 6.61 Å². The Hall–Kier alpha value is -2.08. The van der Waals surface area contributed by atoms with E-state index in [1.807, 2.05) is 13.8 Å². The van der Waals surface area contributed by atoms with Crippen molar-refractivity contribution in [2.75, 3.05) is 18.6 Å². The lowest BCUT2D eigenvalue weighted by atomic mass is 10.1. The number of rotatable bonds is 5. The molecule has 0 atom stereocenters. The second-order valence-corrected chi connectivity index (χ2v) is 4.31. The van der Waals surface area contributed by atoms with Crippen LogP contribution in [-0.4, -0.2) is 36.7 Å². The van der Waals surface area contributed by atoms with Gasteiger partial charge in [-0.05, 0) is 26.0 Å². The van der Waals surface area contributed by atoms with Crippen LogP contribution in [0.5, 0.6) is 0 Å². The van der Waals surface area contributed by atoms with Crippen LogP contribution in [0.4, 0.5) is 5.69 Å². The molecule has 0 saturated carbocycles. The van der Waals surface area contributed by atoms with E-state index in [0.717, 1.165) is 0 Å². The number of anilines is 1. The number of ether oxygens (including phenoxy) is 1. The number of nitrogens with two attached hydrogens (primary N) is 1. The third kappa shape index (κ3) is 3.96. The Kier molecular flexibility index (Phi) is 5.32. The molecule has 104 valence electrons. The zero-order valence-electron chi connectivity index (χ0n) is 11.3. The maximum absolute atomic E-state index is 12.0. The van der Waals surface area contributed by atoms with Crippen LogP contribution in [0.2, 0.25) is 0 Å². The number of likely N-dealkylation sites (N-methyl/N-ethyl adjacent to an activating group) is 1. The first-order valence-corrected chi connectivity index (χ1v) is 5.92. The first-order valence-electron chi connectivity index (χ1n) is 5.92. The van der Waals surface area contributed by atoms with Gasteiger partial charge in [-0.1, -0.05) is 17.3 Å². The lowest BCUT2D eigenvalue weighted by Gasteiger charge is -2.20. The molecule has 1 rings (SSSR count). The van der Waals surface area contributed by atoms with Crippen LogP contribution >= 0.6 is 0 Å². The lowest BCUT2D eigenvalue weighted by molar-refractivity contribution is -0.124. The number of amides is 1. The number of hydrogen-bond acceptors (Lipinski definition) is 4. The number of oxime groups is 1. The van der Waals surface area contributed by atoms with Gasteiger partial charge in [-0.2, -0.15) is 0 Å². The van der Waals surface area contributed by atoms with Gasteiger partial charge in [0, 0.05) is 12.6 Å². The Balaban J connectivity index is 2.93. The minimum absolute atomic E-state index is 0.0152. The van der Waals surface area contributed by atoms with Gasteiger partial charge < -0.3 is 20.6 Å². The Bertz CT molecular complexity index is 472. The highest BCUT2D eigenvalue weighted by Gasteiger charge is 2.16. The third-order valence-electron chi connectivity index (χ3n) is 2.56. The fourth-order valence-corrected chi connectivity index (χ4v) is 1.51. The highest BCUT2D eigenvalue weighted by atomic mass is 16.5. The van der Waals surface area contributed by atoms with Crippen LogP contribution < -0.4 is 10.6 Å². The van der Waals surface area contributed by atoms with E-state index in [1.54, 1.807) is 31.3 Å². The lowest BCUT2D eigenvalue weighted by Crippen LogP contribution is -2.33. The summed E-state index contributed by atoms with van der Waals surface area (Å²) in [5, 5.41) is 11.7. The quantitative estimate of drug-likeness (QED) is 0.362. The Morgan fingerprint density at radius 3 is 2.68 bits per heavy atom. The minimum atomic E-state index is -0.202. The van der Waals surface area contributed by atoms with Crippen molar-refractivity contribution >= 4 is 17.4 Å². The van der Waals surface area contributed by atoms with Crippen LogP contribution in [0.1, 0.15) is 19.4 Å². The molecule has 0 saturated heterocycles. The summed E-state index contributed by atoms with van der Waals surface area (Å²) in [5.74, 6) is -0.244. The molecule has 19 heavy (non-hydrogen) atoms. The molecule has 0 aromatic heterocycles. The summed E-state index contributed by atoms with van der Waals surface area (Å²) >= 11 is 0. The molecule has 1 aromatic rings. The zero-order valence-corrected chi connectivity index (χ0v) is 11.3. The third-order valence-corrected chi connectivity index (χ3v) is 2.56. The molecule has 0 aliphatic rings. The molecule has 0 heterocycles. The topological polar surface area (TPSA) is 88.2 Å². The van der Waals surface area contributed by atoms with Crippen molar-refractivity contribution in [3.63, 3.8) is 0 Å². The molecule has 0 unspecified atom stereocenters. The fourth-order valence-electron chi connectivity index (χ4n) is 1.51. The van der Waals surface area contributed by atoms with Gasteiger partial charge in [0.2, 0.25) is 0 Å². The van der Waals surface area contributed by atoms with Crippen molar-refractivity contribution < 1.29 is 14.7 Å². The second kappa shape index (κ2) is 6.75. The van der Waals surface area contributed by atoms with Crippen molar-refractivity contribution in [1.29, 1.82) is 0 Å². The predicted octanol–water partition coefficient (Wildman–Crippen LogP) is 1.17. The van der Waals surface area contributed by atoms with Crippen molar-refractivity contribution in [3.8, 4) is 0 Å². The number of para-hydroxylation sites is 1. The SMILES string of the molecule is CC(C)OCC(=O)N(C)c1ccccc1/C(N)=N/O. The van der Waals surface area contributed by atoms with E-state index >= 15 is 0 Å². The summed E-state index contributed by atoms with van der Waals surface area (Å²) in [6.07, 6.45) is -0.0170. The van der Waals surface area contributed by atoms with Gasteiger partial charge >= 0.3 is 0 Å². The van der Waals surface area contributed by atoms with Crippen molar-refractivity contribution in [1.82, 2.24) is 0 Å². The maximum atomic E-state index is 12.0. The van der Waals surface area contributed by atoms with E-state index in [1.165, 1.54) is 4.90 Å². The van der Waals surface area contributed by atoms with Crippen LogP contribution in [-0.2, 0) is 9.53 Å². The summed E-state index contributed by atoms with van der Waals surface area (Å²) in [5.41, 5.74) is 6.64. The average Bonchev–Trinajstić information content (AvgIpc) is 2.42. The minimum Gasteiger partial charge on any atom is -0.409 e. The number of hydrogen-bond donors (Lipinski definition) is 2. The van der Waals surface area contributed by atoms with Crippen LogP contribution in [0.25, 0.3) is 0 Å². The maximum Gasteiger partial charge on any atom is 0.252 e. The van der Waals surface area contributed by atoms with E-state index in [-0.39, 0.29) is 24.5 Å². The average molecular weight is 265 g/mol. The molecule has 0 radical (unpaired) electrons. The molecule has 0 spiro atoms. The smallest absolute Gasteiger partial charge is 0.252 e. The molecule has 0 aliphatic carbocycles. The molecule has 6 nitrogen and oxygen atoms in total. The molecular formula is C13H19N3O3. The first-order chi connectivity index (χ1) is 8.97. The highest BCUT2D eigenvalue weighted by molar-refractivity contribution is 6.06. The number of carbonyl (C=O) groups is 1. The van der Waals surface area contributed by atoms with Gasteiger partial charge in [-0.25, -0.2) is 0 Å². The first kappa shape index (κ1) is 15.0. The molecular weight excluding hydrogens is 246 g/mol. The van der Waals surface area contributed by atoms with Crippen LogP contribution in [0.15, 0.2) is 29.4 Å². The monoisotopic (exact) mass is 265 g/mol. The largest absolute Gasteiger partial charge is 0.409 e. The molecule has 0 bridgehead atoms. The Morgan fingerprint density at radius 1 is 1.47 bits per heavy atom. The molecule has 1 aromatic carbocycles. The predicted molar refractivity (Wildman–Crippen MR) is 73.5 cm³/mol. The number of carbonyl (C=O) groups excluding carboxylic acids is 1. The number of amidine groups is 1. The summed E-state index contributed by atoms with van der Waals surface area (Å²) in [6, 6.07) is 6.93. The van der Waals surface area contributed by atoms with Crippen molar-refractivity contribution in [3.05, 3.63) is 29.8 Å². The molecule has 0 aliphatic heterocycles. The fraction of sp³-hybridized carbons (Fsp3) is 0.385. The van der Waals surface area contributed by atoms with E-state index in [4.69, 9.17) is 15.7 Å². The molecule has 3 N–H and O–H groups in total. The van der Waals surface area contributed by atoms with E-state index in [9.17, 15) is 4.79 Å². The van der Waals surface area contributed by atoms with Crippen LogP contribution in [0.3, 0.4) is 0 Å². The standard InChI is InChI=1S/C13H19N3O3/c1-9(2)19-8-12(17)16(3)11-7-5-4-6-10(11)13(14)15-18/h4-7,9,18H,8H2,1-3H3,(H2,14,15). The molecule has 1 amide bonds. The zero-order chi connectivity index (χ0) is 14.4. The highest BCUT2D eigenvalue weighted by Crippen LogP contribution is 2.19. The number of nitrogens with zero attached hydrogens (tertiary/aromatic N) is 2. The van der Waals surface area contributed by atoms with Gasteiger partial charge in [-0.3, -0.25) is 4.79 Å². The summed E-state index contributed by atoms with van der Waals surface area (Å²) in [6.45, 7) is 3.70. The Morgan fingerprint density at radius 2 is 2.11 bits per heavy atom. The van der Waals surface area contributed by atoms with Crippen molar-refractivity contribution in [2.24, 2.45) is 10.9 Å². The van der Waals surface area contributed by atoms with Crippen molar-refractivity contribution in [2.45, 2.75) is 20.0 Å². The number of benzene rings is 1. The van der Waals surface area contributed by atoms with Gasteiger partial charge in [0.25, 0.3) is 5.91 Å². The van der Waals surface area contributed by atoms with E-state index in [2.05, 4.69) is 5.16 Å². The van der Waals surface area contributed by atoms with E-state index in [0.29, 0.717) is 11.3 Å². The van der Waals surface area contributed by atoms with Crippen LogP contribution in [0, 0.1) is 0 Å².